The number of nitrogens with zero attached hydrogens (tertiary/aromatic N) is 1. The van der Waals surface area contributed by atoms with Crippen molar-refractivity contribution >= 4 is 23.4 Å². The van der Waals surface area contributed by atoms with E-state index in [1.54, 1.807) is 23.1 Å². The predicted molar refractivity (Wildman–Crippen MR) is 120 cm³/mol. The van der Waals surface area contributed by atoms with Gasteiger partial charge in [-0.1, -0.05) is 49.6 Å². The van der Waals surface area contributed by atoms with Gasteiger partial charge in [-0.2, -0.15) is 0 Å². The van der Waals surface area contributed by atoms with E-state index in [9.17, 15) is 14.4 Å². The van der Waals surface area contributed by atoms with Crippen LogP contribution in [0.25, 0.3) is 0 Å². The molecular weight excluding hydrogens is 390 g/mol. The molecule has 6 heteroatoms. The normalized spacial score (nSPS) is 21.1. The Morgan fingerprint density at radius 2 is 1.84 bits per heavy atom. The Hall–Kier alpha value is -3.15. The summed E-state index contributed by atoms with van der Waals surface area (Å²) < 4.78 is 0. The highest BCUT2D eigenvalue weighted by Crippen LogP contribution is 2.48. The van der Waals surface area contributed by atoms with Crippen molar-refractivity contribution in [2.75, 3.05) is 11.4 Å². The van der Waals surface area contributed by atoms with Gasteiger partial charge in [0.05, 0.1) is 0 Å². The second-order valence-corrected chi connectivity index (χ2v) is 8.50. The molecule has 3 N–H and O–H groups in total. The van der Waals surface area contributed by atoms with Crippen LogP contribution >= 0.6 is 0 Å². The number of anilines is 1. The van der Waals surface area contributed by atoms with Crippen LogP contribution in [0.15, 0.2) is 48.5 Å². The van der Waals surface area contributed by atoms with Crippen molar-refractivity contribution < 1.29 is 14.4 Å². The number of carbonyl (C=O) groups is 3. The van der Waals surface area contributed by atoms with Gasteiger partial charge in [0.25, 0.3) is 5.91 Å². The van der Waals surface area contributed by atoms with E-state index < -0.39 is 11.3 Å². The van der Waals surface area contributed by atoms with Gasteiger partial charge in [0, 0.05) is 30.3 Å². The van der Waals surface area contributed by atoms with Gasteiger partial charge in [0.1, 0.15) is 5.41 Å². The van der Waals surface area contributed by atoms with Crippen molar-refractivity contribution in [2.45, 2.75) is 56.9 Å². The number of hydrogen-bond acceptors (Lipinski definition) is 3. The molecule has 4 rings (SSSR count). The van der Waals surface area contributed by atoms with Crippen LogP contribution in [0.2, 0.25) is 0 Å². The lowest BCUT2D eigenvalue weighted by molar-refractivity contribution is -0.126. The Balaban J connectivity index is 1.76. The molecule has 3 amide bonds. The van der Waals surface area contributed by atoms with Crippen LogP contribution in [0.1, 0.15) is 66.9 Å². The second kappa shape index (κ2) is 8.53. The Kier molecular flexibility index (Phi) is 5.81. The summed E-state index contributed by atoms with van der Waals surface area (Å²) in [6.07, 6.45) is 5.32. The van der Waals surface area contributed by atoms with E-state index in [0.29, 0.717) is 17.7 Å². The molecule has 1 fully saturated rings. The highest BCUT2D eigenvalue weighted by molar-refractivity contribution is 6.12. The van der Waals surface area contributed by atoms with Gasteiger partial charge in [-0.25, -0.2) is 0 Å². The Labute approximate surface area is 182 Å². The van der Waals surface area contributed by atoms with Gasteiger partial charge in [-0.15, -0.1) is 0 Å². The fourth-order valence-corrected chi connectivity index (χ4v) is 5.09. The molecule has 1 unspecified atom stereocenters. The lowest BCUT2D eigenvalue weighted by Crippen LogP contribution is -2.44. The van der Waals surface area contributed by atoms with Crippen LogP contribution in [-0.4, -0.2) is 30.3 Å². The molecule has 1 heterocycles. The first-order valence-corrected chi connectivity index (χ1v) is 11.1. The van der Waals surface area contributed by atoms with E-state index in [-0.39, 0.29) is 24.3 Å². The smallest absolute Gasteiger partial charge is 0.251 e. The zero-order valence-corrected chi connectivity index (χ0v) is 17.9. The summed E-state index contributed by atoms with van der Waals surface area (Å²) in [6, 6.07) is 14.8. The van der Waals surface area contributed by atoms with Gasteiger partial charge in [-0.3, -0.25) is 14.4 Å². The summed E-state index contributed by atoms with van der Waals surface area (Å²) in [5.41, 5.74) is 7.07. The molecular formula is C25H29N3O3. The number of fused-ring (bicyclic) bond motifs is 1. The van der Waals surface area contributed by atoms with Crippen LogP contribution in [0.3, 0.4) is 0 Å². The van der Waals surface area contributed by atoms with Crippen LogP contribution in [-0.2, 0) is 15.0 Å². The fraction of sp³-hybridized carbons (Fsp3) is 0.400. The van der Waals surface area contributed by atoms with E-state index in [2.05, 4.69) is 5.32 Å². The number of hydrogen-bond donors (Lipinski definition) is 2. The van der Waals surface area contributed by atoms with E-state index >= 15 is 0 Å². The monoisotopic (exact) mass is 419 g/mol. The second-order valence-electron chi connectivity index (χ2n) is 8.50. The van der Waals surface area contributed by atoms with E-state index in [1.165, 1.54) is 6.42 Å². The van der Waals surface area contributed by atoms with Crippen molar-refractivity contribution in [3.05, 3.63) is 65.2 Å². The zero-order valence-electron chi connectivity index (χ0n) is 17.9. The molecule has 0 radical (unpaired) electrons. The van der Waals surface area contributed by atoms with Gasteiger partial charge in [-0.05, 0) is 49.1 Å². The maximum atomic E-state index is 13.7. The first-order valence-electron chi connectivity index (χ1n) is 11.1. The molecule has 1 aliphatic heterocycles. The molecule has 162 valence electrons. The summed E-state index contributed by atoms with van der Waals surface area (Å²) >= 11 is 0. The van der Waals surface area contributed by atoms with Crippen molar-refractivity contribution in [3.63, 3.8) is 0 Å². The molecule has 2 aromatic rings. The van der Waals surface area contributed by atoms with Gasteiger partial charge >= 0.3 is 0 Å². The molecule has 0 aromatic heterocycles. The summed E-state index contributed by atoms with van der Waals surface area (Å²) in [5.74, 6) is -0.882. The van der Waals surface area contributed by atoms with Crippen molar-refractivity contribution in [1.82, 2.24) is 5.32 Å². The number of rotatable bonds is 6. The van der Waals surface area contributed by atoms with E-state index in [1.807, 2.05) is 37.3 Å². The third kappa shape index (κ3) is 3.71. The minimum absolute atomic E-state index is 0.144. The lowest BCUT2D eigenvalue weighted by Gasteiger charge is -2.29. The Bertz CT molecular complexity index is 1010. The maximum absolute atomic E-state index is 13.7. The number of benzene rings is 2. The van der Waals surface area contributed by atoms with Crippen LogP contribution in [0.5, 0.6) is 0 Å². The van der Waals surface area contributed by atoms with E-state index in [4.69, 9.17) is 5.73 Å². The first kappa shape index (κ1) is 21.1. The SMILES string of the molecule is CCN1C(=O)C(CC(N)=O)(c2cccc(C(=O)NC3CCCCC3)c2)c2ccccc21. The summed E-state index contributed by atoms with van der Waals surface area (Å²) in [6.45, 7) is 2.39. The molecule has 0 bridgehead atoms. The van der Waals surface area contributed by atoms with E-state index in [0.717, 1.165) is 36.9 Å². The topological polar surface area (TPSA) is 92.5 Å². The predicted octanol–water partition coefficient (Wildman–Crippen LogP) is 3.28. The van der Waals surface area contributed by atoms with Gasteiger partial charge in [0.15, 0.2) is 0 Å². The fourth-order valence-electron chi connectivity index (χ4n) is 5.09. The van der Waals surface area contributed by atoms with Crippen molar-refractivity contribution in [3.8, 4) is 0 Å². The lowest BCUT2D eigenvalue weighted by atomic mass is 9.72. The number of nitrogens with two attached hydrogens (primary N) is 1. The number of nitrogens with one attached hydrogen (secondary N) is 1. The minimum atomic E-state index is -1.22. The maximum Gasteiger partial charge on any atom is 0.251 e. The van der Waals surface area contributed by atoms with Crippen LogP contribution in [0.4, 0.5) is 5.69 Å². The number of likely N-dealkylation sites (N-methyl/N-ethyl adjacent to an activating group) is 1. The third-order valence-electron chi connectivity index (χ3n) is 6.58. The molecule has 31 heavy (non-hydrogen) atoms. The quantitative estimate of drug-likeness (QED) is 0.753. The average Bonchev–Trinajstić information content (AvgIpc) is 3.02. The highest BCUT2D eigenvalue weighted by Gasteiger charge is 2.52. The Morgan fingerprint density at radius 1 is 1.10 bits per heavy atom. The molecule has 0 spiro atoms. The van der Waals surface area contributed by atoms with Crippen molar-refractivity contribution in [2.24, 2.45) is 5.73 Å². The number of primary amides is 1. The number of para-hydroxylation sites is 1. The minimum Gasteiger partial charge on any atom is -0.370 e. The summed E-state index contributed by atoms with van der Waals surface area (Å²) in [7, 11) is 0. The molecule has 1 saturated carbocycles. The first-order chi connectivity index (χ1) is 15.0. The molecule has 0 saturated heterocycles. The van der Waals surface area contributed by atoms with Gasteiger partial charge in [0.2, 0.25) is 11.8 Å². The van der Waals surface area contributed by atoms with Gasteiger partial charge < -0.3 is 16.0 Å². The highest BCUT2D eigenvalue weighted by atomic mass is 16.2. The largest absolute Gasteiger partial charge is 0.370 e. The average molecular weight is 420 g/mol. The summed E-state index contributed by atoms with van der Waals surface area (Å²) in [4.78, 5) is 40.4. The summed E-state index contributed by atoms with van der Waals surface area (Å²) in [5, 5.41) is 3.13. The molecule has 2 aliphatic rings. The number of amides is 3. The zero-order chi connectivity index (χ0) is 22.0. The molecule has 1 atom stereocenters. The molecule has 2 aromatic carbocycles. The standard InChI is InChI=1S/C25H29N3O3/c1-2-28-21-14-7-6-13-20(21)25(24(28)31,16-22(26)29)18-10-8-9-17(15-18)23(30)27-19-11-4-3-5-12-19/h6-10,13-15,19H,2-5,11-12,16H2,1H3,(H2,26,29)(H,27,30). The van der Waals surface area contributed by atoms with Crippen LogP contribution in [0, 0.1) is 0 Å². The molecule has 6 nitrogen and oxygen atoms in total. The third-order valence-corrected chi connectivity index (χ3v) is 6.58. The Morgan fingerprint density at radius 3 is 2.55 bits per heavy atom. The van der Waals surface area contributed by atoms with Crippen molar-refractivity contribution in [1.29, 1.82) is 0 Å². The number of carbonyl (C=O) groups excluding carboxylic acids is 3. The van der Waals surface area contributed by atoms with Crippen LogP contribution < -0.4 is 16.0 Å². The molecule has 1 aliphatic carbocycles.